The Balaban J connectivity index is 3.63. The number of nitrogens with one attached hydrogen (secondary N) is 2. The van der Waals surface area contributed by atoms with Gasteiger partial charge in [0.1, 0.15) is 0 Å². The average Bonchev–Trinajstić information content (AvgIpc) is 2.22. The summed E-state index contributed by atoms with van der Waals surface area (Å²) in [7, 11) is 2.00. The van der Waals surface area contributed by atoms with E-state index in [9.17, 15) is 0 Å². The lowest BCUT2D eigenvalue weighted by Gasteiger charge is -2.19. The van der Waals surface area contributed by atoms with Crippen molar-refractivity contribution in [2.45, 2.75) is 25.8 Å². The molecule has 2 N–H and O–H groups in total. The summed E-state index contributed by atoms with van der Waals surface area (Å²) >= 11 is 8.69. The molecule has 0 bridgehead atoms. The van der Waals surface area contributed by atoms with Crippen molar-refractivity contribution in [1.29, 1.82) is 0 Å². The van der Waals surface area contributed by atoms with Gasteiger partial charge in [0, 0.05) is 11.8 Å². The van der Waals surface area contributed by atoms with E-state index in [2.05, 4.69) is 42.8 Å². The van der Waals surface area contributed by atoms with Crippen LogP contribution in [0.2, 0.25) is 0 Å². The second-order valence-corrected chi connectivity index (χ2v) is 4.35. The van der Waals surface area contributed by atoms with Crippen LogP contribution >= 0.6 is 25.3 Å². The van der Waals surface area contributed by atoms with E-state index in [-0.39, 0.29) is 0 Å². The van der Waals surface area contributed by atoms with Crippen LogP contribution in [0, 0.1) is 5.92 Å². The average molecular weight is 236 g/mol. The summed E-state index contributed by atoms with van der Waals surface area (Å²) in [6, 6.07) is 0.558. The Kier molecular flexibility index (Phi) is 10.6. The van der Waals surface area contributed by atoms with E-state index >= 15 is 0 Å². The fraction of sp³-hybridized carbons (Fsp3) is 1.00. The normalized spacial score (nSPS) is 15.4. The van der Waals surface area contributed by atoms with Gasteiger partial charge < -0.3 is 10.6 Å². The van der Waals surface area contributed by atoms with Crippen molar-refractivity contribution in [3.63, 3.8) is 0 Å². The van der Waals surface area contributed by atoms with Crippen LogP contribution in [0.3, 0.4) is 0 Å². The van der Waals surface area contributed by atoms with E-state index < -0.39 is 0 Å². The van der Waals surface area contributed by atoms with Crippen molar-refractivity contribution < 1.29 is 0 Å². The molecule has 0 fully saturated rings. The van der Waals surface area contributed by atoms with Crippen molar-refractivity contribution in [3.05, 3.63) is 0 Å². The smallest absolute Gasteiger partial charge is 0.0155 e. The number of thiol groups is 2. The van der Waals surface area contributed by atoms with E-state index in [1.807, 2.05) is 7.05 Å². The zero-order valence-corrected chi connectivity index (χ0v) is 11.1. The first-order valence-corrected chi connectivity index (χ1v) is 6.64. The van der Waals surface area contributed by atoms with E-state index in [0.29, 0.717) is 12.0 Å². The Morgan fingerprint density at radius 3 is 2.29 bits per heavy atom. The third kappa shape index (κ3) is 6.98. The van der Waals surface area contributed by atoms with E-state index in [1.165, 1.54) is 12.8 Å². The SMILES string of the molecule is CCN[C@H](CS)CC[C@H](CS)CNC. The molecule has 0 saturated heterocycles. The summed E-state index contributed by atoms with van der Waals surface area (Å²) in [6.45, 7) is 4.23. The Morgan fingerprint density at radius 1 is 1.14 bits per heavy atom. The third-order valence-electron chi connectivity index (χ3n) is 2.39. The zero-order valence-electron chi connectivity index (χ0n) is 9.29. The van der Waals surface area contributed by atoms with Gasteiger partial charge in [0.2, 0.25) is 0 Å². The first-order valence-electron chi connectivity index (χ1n) is 5.38. The molecule has 0 aliphatic heterocycles. The van der Waals surface area contributed by atoms with E-state index in [1.54, 1.807) is 0 Å². The molecule has 0 spiro atoms. The van der Waals surface area contributed by atoms with Gasteiger partial charge in [0.05, 0.1) is 0 Å². The van der Waals surface area contributed by atoms with Gasteiger partial charge in [-0.25, -0.2) is 0 Å². The van der Waals surface area contributed by atoms with E-state index in [0.717, 1.165) is 24.6 Å². The molecule has 86 valence electrons. The van der Waals surface area contributed by atoms with Gasteiger partial charge in [0.15, 0.2) is 0 Å². The van der Waals surface area contributed by atoms with Gasteiger partial charge in [-0.05, 0) is 44.6 Å². The van der Waals surface area contributed by atoms with Gasteiger partial charge in [-0.2, -0.15) is 25.3 Å². The van der Waals surface area contributed by atoms with Crippen LogP contribution in [0.25, 0.3) is 0 Å². The fourth-order valence-corrected chi connectivity index (χ4v) is 2.15. The highest BCUT2D eigenvalue weighted by atomic mass is 32.1. The maximum absolute atomic E-state index is 4.35. The minimum atomic E-state index is 0.558. The maximum atomic E-state index is 4.35. The topological polar surface area (TPSA) is 24.1 Å². The molecule has 0 aromatic heterocycles. The van der Waals surface area contributed by atoms with Crippen LogP contribution in [0.5, 0.6) is 0 Å². The molecule has 0 rings (SSSR count). The largest absolute Gasteiger partial charge is 0.319 e. The van der Waals surface area contributed by atoms with Crippen LogP contribution in [0.4, 0.5) is 0 Å². The zero-order chi connectivity index (χ0) is 10.8. The summed E-state index contributed by atoms with van der Waals surface area (Å²) in [5, 5.41) is 6.64. The highest BCUT2D eigenvalue weighted by Crippen LogP contribution is 2.10. The molecule has 0 saturated carbocycles. The molecular weight excluding hydrogens is 212 g/mol. The maximum Gasteiger partial charge on any atom is 0.0155 e. The van der Waals surface area contributed by atoms with Gasteiger partial charge >= 0.3 is 0 Å². The summed E-state index contributed by atoms with van der Waals surface area (Å²) < 4.78 is 0. The predicted molar refractivity (Wildman–Crippen MR) is 71.8 cm³/mol. The molecule has 0 aromatic rings. The quantitative estimate of drug-likeness (QED) is 0.456. The van der Waals surface area contributed by atoms with Crippen LogP contribution in [-0.4, -0.2) is 37.7 Å². The van der Waals surface area contributed by atoms with Crippen molar-refractivity contribution in [2.75, 3.05) is 31.6 Å². The molecule has 0 aromatic carbocycles. The molecular formula is C10H24N2S2. The minimum absolute atomic E-state index is 0.558. The summed E-state index contributed by atoms with van der Waals surface area (Å²) in [4.78, 5) is 0. The molecule has 14 heavy (non-hydrogen) atoms. The molecule has 0 amide bonds. The highest BCUT2D eigenvalue weighted by molar-refractivity contribution is 7.80. The second-order valence-electron chi connectivity index (χ2n) is 3.62. The fourth-order valence-electron chi connectivity index (χ4n) is 1.53. The molecule has 0 aliphatic carbocycles. The van der Waals surface area contributed by atoms with Crippen molar-refractivity contribution >= 4 is 25.3 Å². The standard InChI is InChI=1S/C10H24N2S2/c1-3-12-10(8-14)5-4-9(7-13)6-11-2/h9-14H,3-8H2,1-2H3/t9-,10-/m0/s1. The molecule has 2 nitrogen and oxygen atoms in total. The number of hydrogen-bond donors (Lipinski definition) is 4. The number of hydrogen-bond acceptors (Lipinski definition) is 4. The molecule has 0 heterocycles. The third-order valence-corrected chi connectivity index (χ3v) is 3.34. The summed E-state index contributed by atoms with van der Waals surface area (Å²) in [6.07, 6.45) is 2.42. The summed E-state index contributed by atoms with van der Waals surface area (Å²) in [5.74, 6) is 2.57. The van der Waals surface area contributed by atoms with E-state index in [4.69, 9.17) is 0 Å². The van der Waals surface area contributed by atoms with Crippen LogP contribution < -0.4 is 10.6 Å². The van der Waals surface area contributed by atoms with Gasteiger partial charge in [-0.3, -0.25) is 0 Å². The van der Waals surface area contributed by atoms with Gasteiger partial charge in [-0.1, -0.05) is 6.92 Å². The van der Waals surface area contributed by atoms with Crippen LogP contribution in [0.15, 0.2) is 0 Å². The predicted octanol–water partition coefficient (Wildman–Crippen LogP) is 1.44. The lowest BCUT2D eigenvalue weighted by molar-refractivity contribution is 0.438. The molecule has 0 radical (unpaired) electrons. The molecule has 0 aliphatic rings. The van der Waals surface area contributed by atoms with Crippen molar-refractivity contribution in [3.8, 4) is 0 Å². The van der Waals surface area contributed by atoms with Gasteiger partial charge in [0.25, 0.3) is 0 Å². The lowest BCUT2D eigenvalue weighted by atomic mass is 10.0. The van der Waals surface area contributed by atoms with Crippen LogP contribution in [-0.2, 0) is 0 Å². The molecule has 2 atom stereocenters. The minimum Gasteiger partial charge on any atom is -0.319 e. The molecule has 4 heteroatoms. The highest BCUT2D eigenvalue weighted by Gasteiger charge is 2.10. The Morgan fingerprint density at radius 2 is 1.86 bits per heavy atom. The van der Waals surface area contributed by atoms with Gasteiger partial charge in [-0.15, -0.1) is 0 Å². The second kappa shape index (κ2) is 10.1. The first-order chi connectivity index (χ1) is 6.78. The Bertz CT molecular complexity index is 109. The number of rotatable bonds is 9. The lowest BCUT2D eigenvalue weighted by Crippen LogP contribution is -2.32. The Labute approximate surface area is 99.4 Å². The molecule has 0 unspecified atom stereocenters. The van der Waals surface area contributed by atoms with Crippen LogP contribution in [0.1, 0.15) is 19.8 Å². The monoisotopic (exact) mass is 236 g/mol. The Hall–Kier alpha value is 0.620. The van der Waals surface area contributed by atoms with Crippen molar-refractivity contribution in [2.24, 2.45) is 5.92 Å². The summed E-state index contributed by atoms with van der Waals surface area (Å²) in [5.41, 5.74) is 0. The first kappa shape index (κ1) is 14.6. The van der Waals surface area contributed by atoms with Crippen molar-refractivity contribution in [1.82, 2.24) is 10.6 Å².